The largest absolute Gasteiger partial charge is 0.241 e. The van der Waals surface area contributed by atoms with E-state index in [9.17, 15) is 0 Å². The van der Waals surface area contributed by atoms with Gasteiger partial charge in [-0.25, -0.2) is 9.97 Å². The van der Waals surface area contributed by atoms with Crippen LogP contribution in [0.5, 0.6) is 0 Å². The molecule has 3 rings (SSSR count). The van der Waals surface area contributed by atoms with Crippen LogP contribution in [0.2, 0.25) is 0 Å². The van der Waals surface area contributed by atoms with E-state index in [0.29, 0.717) is 0 Å². The van der Waals surface area contributed by atoms with Gasteiger partial charge in [0, 0.05) is 23.9 Å². The van der Waals surface area contributed by atoms with E-state index < -0.39 is 0 Å². The van der Waals surface area contributed by atoms with Crippen LogP contribution >= 0.6 is 0 Å². The van der Waals surface area contributed by atoms with Crippen molar-refractivity contribution in [2.75, 3.05) is 0 Å². The summed E-state index contributed by atoms with van der Waals surface area (Å²) in [4.78, 5) is 9.60. The zero-order valence-electron chi connectivity index (χ0n) is 20.3. The molecule has 0 bridgehead atoms. The summed E-state index contributed by atoms with van der Waals surface area (Å²) < 4.78 is 0. The van der Waals surface area contributed by atoms with Gasteiger partial charge in [0.2, 0.25) is 0 Å². The molecule has 0 atom stereocenters. The summed E-state index contributed by atoms with van der Waals surface area (Å²) in [6, 6.07) is 9.08. The highest BCUT2D eigenvalue weighted by Crippen LogP contribution is 2.33. The summed E-state index contributed by atoms with van der Waals surface area (Å²) in [6.45, 7) is 6.73. The molecule has 0 saturated heterocycles. The van der Waals surface area contributed by atoms with E-state index in [-0.39, 0.29) is 0 Å². The summed E-state index contributed by atoms with van der Waals surface area (Å²) in [7, 11) is 0. The molecule has 2 heteroatoms. The van der Waals surface area contributed by atoms with Crippen molar-refractivity contribution in [1.29, 1.82) is 0 Å². The summed E-state index contributed by atoms with van der Waals surface area (Å²) in [5.41, 5.74) is 4.99. The zero-order valence-corrected chi connectivity index (χ0v) is 20.3. The second-order valence-electron chi connectivity index (χ2n) is 9.86. The van der Waals surface area contributed by atoms with Gasteiger partial charge in [0.05, 0.1) is 0 Å². The molecule has 0 amide bonds. The molecule has 31 heavy (non-hydrogen) atoms. The lowest BCUT2D eigenvalue weighted by molar-refractivity contribution is 0.251. The van der Waals surface area contributed by atoms with Gasteiger partial charge in [0.15, 0.2) is 0 Å². The number of hydrogen-bond acceptors (Lipinski definition) is 2. The van der Waals surface area contributed by atoms with Crippen molar-refractivity contribution in [1.82, 2.24) is 9.97 Å². The molecule has 2 aromatic rings. The number of aryl methyl sites for hydroxylation is 3. The standard InChI is InChI=1S/C29H44N2/c1-4-6-7-8-9-11-25-16-19-27(20-17-25)28-22-30-29(31-23(28)3)21-18-26-14-12-24(10-5-2)13-15-26/h16-17,19-20,22,24,26H,4-15,18,21H2,1-3H3. The molecular weight excluding hydrogens is 376 g/mol. The molecule has 0 spiro atoms. The fourth-order valence-electron chi connectivity index (χ4n) is 5.25. The quantitative estimate of drug-likeness (QED) is 0.322. The van der Waals surface area contributed by atoms with Crippen LogP contribution < -0.4 is 0 Å². The van der Waals surface area contributed by atoms with Crippen molar-refractivity contribution < 1.29 is 0 Å². The van der Waals surface area contributed by atoms with E-state index >= 15 is 0 Å². The van der Waals surface area contributed by atoms with E-state index in [1.807, 2.05) is 0 Å². The lowest BCUT2D eigenvalue weighted by Crippen LogP contribution is -2.15. The Labute approximate surface area is 191 Å². The first-order chi connectivity index (χ1) is 15.2. The van der Waals surface area contributed by atoms with Crippen molar-refractivity contribution >= 4 is 0 Å². The van der Waals surface area contributed by atoms with Gasteiger partial charge in [-0.2, -0.15) is 0 Å². The van der Waals surface area contributed by atoms with Gasteiger partial charge < -0.3 is 0 Å². The van der Waals surface area contributed by atoms with Crippen LogP contribution in [0.3, 0.4) is 0 Å². The first-order valence-electron chi connectivity index (χ1n) is 13.1. The van der Waals surface area contributed by atoms with Gasteiger partial charge in [-0.3, -0.25) is 0 Å². The maximum atomic E-state index is 4.87. The molecule has 0 aliphatic heterocycles. The number of unbranched alkanes of at least 4 members (excludes halogenated alkanes) is 4. The average molecular weight is 421 g/mol. The van der Waals surface area contributed by atoms with Gasteiger partial charge in [-0.05, 0) is 49.1 Å². The molecule has 1 heterocycles. The normalized spacial score (nSPS) is 18.9. The fourth-order valence-corrected chi connectivity index (χ4v) is 5.25. The van der Waals surface area contributed by atoms with Crippen LogP contribution in [0, 0.1) is 18.8 Å². The predicted molar refractivity (Wildman–Crippen MR) is 133 cm³/mol. The maximum Gasteiger partial charge on any atom is 0.128 e. The molecule has 1 aromatic heterocycles. The third-order valence-electron chi connectivity index (χ3n) is 7.30. The highest BCUT2D eigenvalue weighted by molar-refractivity contribution is 5.65. The summed E-state index contributed by atoms with van der Waals surface area (Å²) in [5, 5.41) is 0. The highest BCUT2D eigenvalue weighted by Gasteiger charge is 2.20. The Hall–Kier alpha value is -1.70. The second kappa shape index (κ2) is 13.0. The Bertz CT molecular complexity index is 757. The van der Waals surface area contributed by atoms with Crippen molar-refractivity contribution in [2.45, 2.75) is 111 Å². The van der Waals surface area contributed by atoms with Crippen molar-refractivity contribution in [3.05, 3.63) is 47.5 Å². The number of benzene rings is 1. The molecule has 1 aliphatic rings. The van der Waals surface area contributed by atoms with E-state index in [0.717, 1.165) is 29.8 Å². The van der Waals surface area contributed by atoms with Crippen LogP contribution in [0.15, 0.2) is 30.5 Å². The Kier molecular flexibility index (Phi) is 10.0. The number of rotatable bonds is 12. The van der Waals surface area contributed by atoms with Crippen LogP contribution in [-0.4, -0.2) is 9.97 Å². The Morgan fingerprint density at radius 2 is 1.45 bits per heavy atom. The molecular formula is C29H44N2. The third kappa shape index (κ3) is 7.74. The lowest BCUT2D eigenvalue weighted by atomic mass is 9.78. The van der Waals surface area contributed by atoms with Crippen LogP contribution in [0.25, 0.3) is 11.1 Å². The first kappa shape index (κ1) is 24.0. The average Bonchev–Trinajstić information content (AvgIpc) is 2.79. The van der Waals surface area contributed by atoms with Gasteiger partial charge in [0.25, 0.3) is 0 Å². The zero-order chi connectivity index (χ0) is 21.9. The van der Waals surface area contributed by atoms with Gasteiger partial charge in [-0.1, -0.05) is 102 Å². The van der Waals surface area contributed by atoms with Gasteiger partial charge >= 0.3 is 0 Å². The SMILES string of the molecule is CCCCCCCc1ccc(-c2cnc(CCC3CCC(CCC)CC3)nc2C)cc1. The molecule has 0 N–H and O–H groups in total. The smallest absolute Gasteiger partial charge is 0.128 e. The topological polar surface area (TPSA) is 25.8 Å². The molecule has 0 radical (unpaired) electrons. The molecule has 2 nitrogen and oxygen atoms in total. The Balaban J connectivity index is 1.48. The molecule has 170 valence electrons. The minimum atomic E-state index is 0.881. The first-order valence-corrected chi connectivity index (χ1v) is 13.1. The van der Waals surface area contributed by atoms with E-state index in [1.165, 1.54) is 100 Å². The lowest BCUT2D eigenvalue weighted by Gasteiger charge is -2.28. The predicted octanol–water partition coefficient (Wildman–Crippen LogP) is 8.50. The number of nitrogens with zero attached hydrogens (tertiary/aromatic N) is 2. The second-order valence-corrected chi connectivity index (χ2v) is 9.86. The third-order valence-corrected chi connectivity index (χ3v) is 7.30. The van der Waals surface area contributed by atoms with Crippen LogP contribution in [-0.2, 0) is 12.8 Å². The van der Waals surface area contributed by atoms with Crippen molar-refractivity contribution in [3.63, 3.8) is 0 Å². The molecule has 1 aromatic carbocycles. The highest BCUT2D eigenvalue weighted by atomic mass is 14.9. The summed E-state index contributed by atoms with van der Waals surface area (Å²) >= 11 is 0. The number of aromatic nitrogens is 2. The minimum Gasteiger partial charge on any atom is -0.241 e. The van der Waals surface area contributed by atoms with E-state index in [2.05, 4.69) is 51.2 Å². The van der Waals surface area contributed by atoms with Crippen molar-refractivity contribution in [3.8, 4) is 11.1 Å². The minimum absolute atomic E-state index is 0.881. The monoisotopic (exact) mass is 420 g/mol. The molecule has 1 saturated carbocycles. The maximum absolute atomic E-state index is 4.87. The Morgan fingerprint density at radius 3 is 2.10 bits per heavy atom. The number of hydrogen-bond donors (Lipinski definition) is 0. The van der Waals surface area contributed by atoms with Gasteiger partial charge in [-0.15, -0.1) is 0 Å². The summed E-state index contributed by atoms with van der Waals surface area (Å²) in [5.74, 6) is 2.90. The molecule has 0 unspecified atom stereocenters. The van der Waals surface area contributed by atoms with E-state index in [1.54, 1.807) is 0 Å². The Morgan fingerprint density at radius 1 is 0.774 bits per heavy atom. The summed E-state index contributed by atoms with van der Waals surface area (Å²) in [6.07, 6.45) is 20.7. The van der Waals surface area contributed by atoms with E-state index in [4.69, 9.17) is 9.97 Å². The van der Waals surface area contributed by atoms with Crippen molar-refractivity contribution in [2.24, 2.45) is 11.8 Å². The molecule has 1 aliphatic carbocycles. The molecule has 1 fully saturated rings. The van der Waals surface area contributed by atoms with Gasteiger partial charge in [0.1, 0.15) is 5.82 Å². The van der Waals surface area contributed by atoms with Crippen LogP contribution in [0.1, 0.15) is 108 Å². The van der Waals surface area contributed by atoms with Crippen LogP contribution in [0.4, 0.5) is 0 Å². The fraction of sp³-hybridized carbons (Fsp3) is 0.655.